The quantitative estimate of drug-likeness (QED) is 0.394. The molecule has 3 aromatic rings. The molecule has 1 aliphatic carbocycles. The Morgan fingerprint density at radius 1 is 1.17 bits per heavy atom. The van der Waals surface area contributed by atoms with Crippen LogP contribution in [0.5, 0.6) is 0 Å². The Kier molecular flexibility index (Phi) is 4.25. The van der Waals surface area contributed by atoms with Gasteiger partial charge < -0.3 is 32.7 Å². The van der Waals surface area contributed by atoms with Crippen molar-refractivity contribution >= 4 is 51.9 Å². The predicted octanol–water partition coefficient (Wildman–Crippen LogP) is 1.80. The third-order valence-corrected chi connectivity index (χ3v) is 5.59. The molecule has 2 aromatic heterocycles. The van der Waals surface area contributed by atoms with Gasteiger partial charge in [-0.3, -0.25) is 0 Å². The van der Waals surface area contributed by atoms with Gasteiger partial charge in [-0.15, -0.1) is 5.10 Å². The van der Waals surface area contributed by atoms with Crippen molar-refractivity contribution in [2.24, 2.45) is 5.73 Å². The maximum absolute atomic E-state index is 6.71. The summed E-state index contributed by atoms with van der Waals surface area (Å²) in [5.74, 6) is 1.41. The standard InChI is InChI=1S/C18H23ClN10/c19-15-12(5-10(21)6-13(15)28-4-3-9(20)8-28)25-18-26-16(24-11-1-2-11)17-23-7-14(22)29(17)27-18/h5-7,9,11H,1-4,8,20-22H2,(H2,24,25,26,27)/t9-/m1/s1. The van der Waals surface area contributed by atoms with Crippen molar-refractivity contribution in [1.29, 1.82) is 0 Å². The number of hydrogen-bond donors (Lipinski definition) is 5. The van der Waals surface area contributed by atoms with Crippen LogP contribution in [0.15, 0.2) is 18.3 Å². The van der Waals surface area contributed by atoms with Crippen molar-refractivity contribution in [3.63, 3.8) is 0 Å². The molecule has 1 atom stereocenters. The maximum atomic E-state index is 6.71. The van der Waals surface area contributed by atoms with Crippen LogP contribution in [0.1, 0.15) is 19.3 Å². The van der Waals surface area contributed by atoms with Crippen LogP contribution < -0.4 is 32.7 Å². The van der Waals surface area contributed by atoms with Crippen LogP contribution in [0, 0.1) is 0 Å². The number of anilines is 6. The average Bonchev–Trinajstić information content (AvgIpc) is 3.27. The minimum absolute atomic E-state index is 0.134. The van der Waals surface area contributed by atoms with Gasteiger partial charge in [0, 0.05) is 30.9 Å². The van der Waals surface area contributed by atoms with Crippen LogP contribution in [0.4, 0.5) is 34.6 Å². The fraction of sp³-hybridized carbons (Fsp3) is 0.389. The van der Waals surface area contributed by atoms with Gasteiger partial charge in [0.2, 0.25) is 5.95 Å². The van der Waals surface area contributed by atoms with Crippen LogP contribution in [-0.4, -0.2) is 44.8 Å². The summed E-state index contributed by atoms with van der Waals surface area (Å²) in [5.41, 5.74) is 20.9. The molecule has 0 bridgehead atoms. The number of fused-ring (bicyclic) bond motifs is 1. The molecule has 8 N–H and O–H groups in total. The number of nitrogen functional groups attached to an aromatic ring is 2. The fourth-order valence-corrected chi connectivity index (χ4v) is 3.82. The molecule has 1 aliphatic heterocycles. The average molecular weight is 415 g/mol. The molecule has 0 spiro atoms. The number of nitrogens with one attached hydrogen (secondary N) is 2. The summed E-state index contributed by atoms with van der Waals surface area (Å²) < 4.78 is 1.56. The van der Waals surface area contributed by atoms with E-state index in [1.807, 2.05) is 6.07 Å². The zero-order valence-electron chi connectivity index (χ0n) is 15.8. The molecule has 29 heavy (non-hydrogen) atoms. The molecular formula is C18H23ClN10. The highest BCUT2D eigenvalue weighted by molar-refractivity contribution is 6.36. The van der Waals surface area contributed by atoms with Gasteiger partial charge >= 0.3 is 0 Å². The number of halogens is 1. The fourth-order valence-electron chi connectivity index (χ4n) is 3.55. The Hall–Kier alpha value is -2.98. The number of nitrogens with two attached hydrogens (primary N) is 3. The number of imidazole rings is 1. The van der Waals surface area contributed by atoms with Crippen molar-refractivity contribution in [3.8, 4) is 0 Å². The highest BCUT2D eigenvalue weighted by Crippen LogP contribution is 2.38. The Morgan fingerprint density at radius 2 is 2.00 bits per heavy atom. The Morgan fingerprint density at radius 3 is 2.72 bits per heavy atom. The first-order chi connectivity index (χ1) is 14.0. The highest BCUT2D eigenvalue weighted by atomic mass is 35.5. The molecular weight excluding hydrogens is 392 g/mol. The lowest BCUT2D eigenvalue weighted by molar-refractivity contribution is 0.752. The second-order valence-corrected chi connectivity index (χ2v) is 8.02. The molecule has 1 saturated carbocycles. The summed E-state index contributed by atoms with van der Waals surface area (Å²) in [4.78, 5) is 11.1. The number of aromatic nitrogens is 4. The Bertz CT molecular complexity index is 1080. The Labute approximate surface area is 172 Å². The molecule has 3 heterocycles. The third-order valence-electron chi connectivity index (χ3n) is 5.19. The minimum Gasteiger partial charge on any atom is -0.399 e. The molecule has 1 aromatic carbocycles. The minimum atomic E-state index is 0.134. The van der Waals surface area contributed by atoms with Gasteiger partial charge in [0.25, 0.3) is 0 Å². The summed E-state index contributed by atoms with van der Waals surface area (Å²) >= 11 is 6.71. The van der Waals surface area contributed by atoms with E-state index in [1.165, 1.54) is 0 Å². The molecule has 0 unspecified atom stereocenters. The summed E-state index contributed by atoms with van der Waals surface area (Å²) in [6, 6.07) is 4.17. The number of nitrogens with zero attached hydrogens (tertiary/aromatic N) is 5. The predicted molar refractivity (Wildman–Crippen MR) is 116 cm³/mol. The van der Waals surface area contributed by atoms with Crippen LogP contribution >= 0.6 is 11.6 Å². The van der Waals surface area contributed by atoms with Crippen molar-refractivity contribution in [2.75, 3.05) is 40.1 Å². The van der Waals surface area contributed by atoms with E-state index < -0.39 is 0 Å². The first-order valence-corrected chi connectivity index (χ1v) is 10.00. The van der Waals surface area contributed by atoms with Crippen LogP contribution in [0.25, 0.3) is 5.65 Å². The van der Waals surface area contributed by atoms with Gasteiger partial charge in [-0.1, -0.05) is 11.6 Å². The van der Waals surface area contributed by atoms with E-state index in [0.29, 0.717) is 45.7 Å². The number of hydrogen-bond acceptors (Lipinski definition) is 9. The molecule has 2 fully saturated rings. The lowest BCUT2D eigenvalue weighted by Crippen LogP contribution is -2.26. The number of benzene rings is 1. The van der Waals surface area contributed by atoms with E-state index in [2.05, 4.69) is 30.6 Å². The molecule has 0 radical (unpaired) electrons. The summed E-state index contributed by atoms with van der Waals surface area (Å²) in [7, 11) is 0. The summed E-state index contributed by atoms with van der Waals surface area (Å²) in [6.45, 7) is 1.58. The van der Waals surface area contributed by atoms with Gasteiger partial charge in [0.05, 0.1) is 22.6 Å². The largest absolute Gasteiger partial charge is 0.399 e. The normalized spacial score (nSPS) is 19.1. The molecule has 11 heteroatoms. The molecule has 152 valence electrons. The summed E-state index contributed by atoms with van der Waals surface area (Å²) in [5, 5.41) is 11.6. The molecule has 5 rings (SSSR count). The third kappa shape index (κ3) is 3.45. The monoisotopic (exact) mass is 414 g/mol. The van der Waals surface area contributed by atoms with E-state index in [-0.39, 0.29) is 6.04 Å². The van der Waals surface area contributed by atoms with Gasteiger partial charge in [-0.25, -0.2) is 4.98 Å². The van der Waals surface area contributed by atoms with Gasteiger partial charge in [-0.05, 0) is 31.4 Å². The number of rotatable bonds is 5. The van der Waals surface area contributed by atoms with E-state index in [4.69, 9.17) is 28.8 Å². The topological polar surface area (TPSA) is 148 Å². The first-order valence-electron chi connectivity index (χ1n) is 9.62. The zero-order valence-corrected chi connectivity index (χ0v) is 16.5. The Balaban J connectivity index is 1.52. The van der Waals surface area contributed by atoms with Gasteiger partial charge in [0.15, 0.2) is 11.5 Å². The van der Waals surface area contributed by atoms with E-state index >= 15 is 0 Å². The first kappa shape index (κ1) is 18.1. The molecule has 0 amide bonds. The van der Waals surface area contributed by atoms with E-state index in [1.54, 1.807) is 16.8 Å². The van der Waals surface area contributed by atoms with Crippen molar-refractivity contribution in [2.45, 2.75) is 31.3 Å². The highest BCUT2D eigenvalue weighted by Gasteiger charge is 2.25. The zero-order chi connectivity index (χ0) is 20.1. The molecule has 1 saturated heterocycles. The van der Waals surface area contributed by atoms with E-state index in [0.717, 1.165) is 38.0 Å². The van der Waals surface area contributed by atoms with E-state index in [9.17, 15) is 0 Å². The lowest BCUT2D eigenvalue weighted by atomic mass is 10.2. The van der Waals surface area contributed by atoms with Crippen molar-refractivity contribution in [1.82, 2.24) is 19.6 Å². The van der Waals surface area contributed by atoms with Crippen LogP contribution in [0.3, 0.4) is 0 Å². The second kappa shape index (κ2) is 6.82. The SMILES string of the molecule is Nc1cc(Nc2nc(NC3CC3)c3ncc(N)n3n2)c(Cl)c(N2CC[C@@H](N)C2)c1. The lowest BCUT2D eigenvalue weighted by Gasteiger charge is -2.22. The summed E-state index contributed by atoms with van der Waals surface area (Å²) in [6.07, 6.45) is 4.70. The van der Waals surface area contributed by atoms with Crippen LogP contribution in [-0.2, 0) is 0 Å². The molecule has 10 nitrogen and oxygen atoms in total. The van der Waals surface area contributed by atoms with Crippen molar-refractivity contribution < 1.29 is 0 Å². The maximum Gasteiger partial charge on any atom is 0.247 e. The van der Waals surface area contributed by atoms with Crippen molar-refractivity contribution in [3.05, 3.63) is 23.4 Å². The van der Waals surface area contributed by atoms with Crippen LogP contribution in [0.2, 0.25) is 5.02 Å². The van der Waals surface area contributed by atoms with Gasteiger partial charge in [-0.2, -0.15) is 9.50 Å². The molecule has 2 aliphatic rings. The smallest absolute Gasteiger partial charge is 0.247 e. The van der Waals surface area contributed by atoms with Gasteiger partial charge in [0.1, 0.15) is 5.82 Å². The second-order valence-electron chi connectivity index (χ2n) is 7.64.